The number of hydrogen-bond donors (Lipinski definition) is 2. The lowest BCUT2D eigenvalue weighted by molar-refractivity contribution is 0.281. The quantitative estimate of drug-likeness (QED) is 0.915. The second-order valence-corrected chi connectivity index (χ2v) is 5.04. The lowest BCUT2D eigenvalue weighted by atomic mass is 10.1. The number of ether oxygens (including phenoxy) is 1. The second-order valence-electron chi connectivity index (χ2n) is 3.38. The van der Waals surface area contributed by atoms with E-state index >= 15 is 0 Å². The number of hydrogen-bond acceptors (Lipinski definition) is 5. The van der Waals surface area contributed by atoms with Gasteiger partial charge in [0.1, 0.15) is 4.34 Å². The van der Waals surface area contributed by atoms with Gasteiger partial charge in [-0.2, -0.15) is 0 Å². The number of nitrogens with zero attached hydrogens (tertiary/aromatic N) is 1. The highest BCUT2D eigenvalue weighted by Crippen LogP contribution is 2.38. The van der Waals surface area contributed by atoms with Crippen LogP contribution in [0.15, 0.2) is 18.3 Å². The fraction of sp³-hybridized carbons (Fsp3) is 0.182. The molecule has 0 bridgehead atoms. The van der Waals surface area contributed by atoms with Gasteiger partial charge in [0, 0.05) is 22.7 Å². The summed E-state index contributed by atoms with van der Waals surface area (Å²) in [5.41, 5.74) is 7.78. The summed E-state index contributed by atoms with van der Waals surface area (Å²) in [5.74, 6) is 0.466. The summed E-state index contributed by atoms with van der Waals surface area (Å²) >= 11 is 7.28. The predicted molar refractivity (Wildman–Crippen MR) is 76.7 cm³/mol. The van der Waals surface area contributed by atoms with Gasteiger partial charge >= 0.3 is 0 Å². The lowest BCUT2D eigenvalue weighted by Gasteiger charge is -2.06. The van der Waals surface area contributed by atoms with Crippen LogP contribution < -0.4 is 10.5 Å². The Bertz CT molecular complexity index is 526. The van der Waals surface area contributed by atoms with Gasteiger partial charge in [0.2, 0.25) is 5.88 Å². The first-order chi connectivity index (χ1) is 8.15. The molecular formula is C11H12Cl2N2O2S. The number of halogens is 2. The van der Waals surface area contributed by atoms with Gasteiger partial charge in [-0.3, -0.25) is 0 Å². The Hall–Kier alpha value is -1.01. The van der Waals surface area contributed by atoms with Crippen LogP contribution in [0.25, 0.3) is 10.4 Å². The van der Waals surface area contributed by atoms with Crippen LogP contribution in [0.2, 0.25) is 4.34 Å². The predicted octanol–water partition coefficient (Wildman–Crippen LogP) is 2.97. The molecule has 0 fully saturated rings. The third kappa shape index (κ3) is 2.87. The van der Waals surface area contributed by atoms with Crippen molar-refractivity contribution in [2.75, 3.05) is 12.8 Å². The van der Waals surface area contributed by atoms with E-state index < -0.39 is 0 Å². The molecule has 3 N–H and O–H groups in total. The highest BCUT2D eigenvalue weighted by molar-refractivity contribution is 7.20. The SMILES string of the molecule is COc1cc(CO)c(-c2cc(N)c(Cl)s2)cn1.Cl. The van der Waals surface area contributed by atoms with E-state index in [1.807, 2.05) is 0 Å². The Morgan fingerprint density at radius 3 is 2.72 bits per heavy atom. The van der Waals surface area contributed by atoms with E-state index in [0.29, 0.717) is 15.9 Å². The normalized spacial score (nSPS) is 9.94. The molecule has 0 atom stereocenters. The summed E-state index contributed by atoms with van der Waals surface area (Å²) in [7, 11) is 1.53. The molecule has 98 valence electrons. The number of aliphatic hydroxyl groups is 1. The molecule has 0 aliphatic rings. The molecule has 0 aliphatic heterocycles. The average Bonchev–Trinajstić information content (AvgIpc) is 2.68. The van der Waals surface area contributed by atoms with Crippen LogP contribution in [-0.2, 0) is 6.61 Å². The molecule has 2 rings (SSSR count). The van der Waals surface area contributed by atoms with Crippen molar-refractivity contribution in [3.8, 4) is 16.3 Å². The van der Waals surface area contributed by atoms with Crippen molar-refractivity contribution in [3.05, 3.63) is 28.2 Å². The molecule has 0 unspecified atom stereocenters. The zero-order valence-electron chi connectivity index (χ0n) is 9.51. The molecule has 2 aromatic rings. The molecule has 7 heteroatoms. The number of rotatable bonds is 3. The standard InChI is InChI=1S/C11H11ClN2O2S.ClH/c1-16-10-2-6(5-15)7(4-14-10)9-3-8(13)11(12)17-9;/h2-4,15H,5,13H2,1H3;1H. The van der Waals surface area contributed by atoms with Crippen molar-refractivity contribution >= 4 is 41.0 Å². The smallest absolute Gasteiger partial charge is 0.213 e. The molecule has 0 saturated carbocycles. The van der Waals surface area contributed by atoms with Crippen LogP contribution in [0.3, 0.4) is 0 Å². The van der Waals surface area contributed by atoms with Crippen molar-refractivity contribution in [2.45, 2.75) is 6.61 Å². The fourth-order valence-electron chi connectivity index (χ4n) is 1.46. The number of anilines is 1. The van der Waals surface area contributed by atoms with E-state index in [1.165, 1.54) is 18.4 Å². The largest absolute Gasteiger partial charge is 0.481 e. The maximum Gasteiger partial charge on any atom is 0.213 e. The molecule has 2 heterocycles. The number of pyridine rings is 1. The summed E-state index contributed by atoms with van der Waals surface area (Å²) in [5, 5.41) is 9.33. The number of aromatic nitrogens is 1. The zero-order valence-corrected chi connectivity index (χ0v) is 11.9. The Morgan fingerprint density at radius 2 is 2.22 bits per heavy atom. The Kier molecular flexibility index (Phi) is 5.22. The maximum absolute atomic E-state index is 9.33. The van der Waals surface area contributed by atoms with Crippen LogP contribution in [0, 0.1) is 0 Å². The number of aliphatic hydroxyl groups excluding tert-OH is 1. The summed E-state index contributed by atoms with van der Waals surface area (Å²) in [6.45, 7) is -0.0936. The van der Waals surface area contributed by atoms with Crippen LogP contribution in [0.5, 0.6) is 5.88 Å². The monoisotopic (exact) mass is 306 g/mol. The maximum atomic E-state index is 9.33. The molecule has 0 spiro atoms. The van der Waals surface area contributed by atoms with Gasteiger partial charge in [-0.15, -0.1) is 23.7 Å². The van der Waals surface area contributed by atoms with Crippen LogP contribution in [0.4, 0.5) is 5.69 Å². The summed E-state index contributed by atoms with van der Waals surface area (Å²) in [6.07, 6.45) is 1.64. The summed E-state index contributed by atoms with van der Waals surface area (Å²) in [4.78, 5) is 4.99. The van der Waals surface area contributed by atoms with Gasteiger partial charge in [-0.1, -0.05) is 11.6 Å². The minimum absolute atomic E-state index is 0. The van der Waals surface area contributed by atoms with Gasteiger partial charge in [0.25, 0.3) is 0 Å². The van der Waals surface area contributed by atoms with Crippen molar-refractivity contribution in [2.24, 2.45) is 0 Å². The summed E-state index contributed by atoms with van der Waals surface area (Å²) < 4.78 is 5.55. The first-order valence-electron chi connectivity index (χ1n) is 4.84. The minimum Gasteiger partial charge on any atom is -0.481 e. The van der Waals surface area contributed by atoms with Gasteiger partial charge in [-0.25, -0.2) is 4.98 Å². The molecule has 0 aromatic carbocycles. The van der Waals surface area contributed by atoms with E-state index in [-0.39, 0.29) is 19.0 Å². The second kappa shape index (κ2) is 6.24. The molecule has 0 saturated heterocycles. The van der Waals surface area contributed by atoms with Crippen molar-refractivity contribution in [1.82, 2.24) is 4.98 Å². The van der Waals surface area contributed by atoms with Crippen molar-refractivity contribution in [1.29, 1.82) is 0 Å². The van der Waals surface area contributed by atoms with E-state index in [9.17, 15) is 5.11 Å². The number of methoxy groups -OCH3 is 1. The number of nitrogens with two attached hydrogens (primary N) is 1. The molecule has 0 amide bonds. The van der Waals surface area contributed by atoms with Crippen LogP contribution in [-0.4, -0.2) is 17.2 Å². The van der Waals surface area contributed by atoms with Gasteiger partial charge in [0.15, 0.2) is 0 Å². The van der Waals surface area contributed by atoms with Crippen molar-refractivity contribution in [3.63, 3.8) is 0 Å². The van der Waals surface area contributed by atoms with E-state index in [2.05, 4.69) is 4.98 Å². The van der Waals surface area contributed by atoms with Crippen LogP contribution >= 0.6 is 35.3 Å². The van der Waals surface area contributed by atoms with E-state index in [1.54, 1.807) is 18.3 Å². The highest BCUT2D eigenvalue weighted by Gasteiger charge is 2.11. The lowest BCUT2D eigenvalue weighted by Crippen LogP contribution is -1.93. The molecule has 2 aromatic heterocycles. The Balaban J connectivity index is 0.00000162. The first-order valence-corrected chi connectivity index (χ1v) is 6.04. The van der Waals surface area contributed by atoms with Gasteiger partial charge in [0.05, 0.1) is 19.4 Å². The number of thiophene rings is 1. The molecule has 18 heavy (non-hydrogen) atoms. The topological polar surface area (TPSA) is 68.4 Å². The average molecular weight is 307 g/mol. The van der Waals surface area contributed by atoms with E-state index in [0.717, 1.165) is 16.0 Å². The Labute approximate surface area is 120 Å². The van der Waals surface area contributed by atoms with Gasteiger partial charge in [-0.05, 0) is 11.6 Å². The van der Waals surface area contributed by atoms with Crippen LogP contribution in [0.1, 0.15) is 5.56 Å². The van der Waals surface area contributed by atoms with E-state index in [4.69, 9.17) is 22.1 Å². The first kappa shape index (κ1) is 15.0. The highest BCUT2D eigenvalue weighted by atomic mass is 35.5. The zero-order chi connectivity index (χ0) is 12.4. The third-order valence-electron chi connectivity index (χ3n) is 2.32. The summed E-state index contributed by atoms with van der Waals surface area (Å²) in [6, 6.07) is 3.47. The minimum atomic E-state index is -0.0936. The molecule has 0 aliphatic carbocycles. The fourth-order valence-corrected chi connectivity index (χ4v) is 2.61. The Morgan fingerprint density at radius 1 is 1.50 bits per heavy atom. The molecule has 4 nitrogen and oxygen atoms in total. The third-order valence-corrected chi connectivity index (χ3v) is 3.74. The van der Waals surface area contributed by atoms with Gasteiger partial charge < -0.3 is 15.6 Å². The van der Waals surface area contributed by atoms with Crippen molar-refractivity contribution < 1.29 is 9.84 Å². The molecule has 0 radical (unpaired) electrons. The molecular weight excluding hydrogens is 295 g/mol. The number of nitrogen functional groups attached to an aromatic ring is 1.